The van der Waals surface area contributed by atoms with Gasteiger partial charge in [0.25, 0.3) is 5.91 Å². The van der Waals surface area contributed by atoms with Crippen molar-refractivity contribution in [3.63, 3.8) is 0 Å². The first-order valence-corrected chi connectivity index (χ1v) is 9.33. The first-order valence-electron chi connectivity index (χ1n) is 9.33. The highest BCUT2D eigenvalue weighted by Crippen LogP contribution is 2.36. The Bertz CT molecular complexity index is 1240. The summed E-state index contributed by atoms with van der Waals surface area (Å²) in [5, 5.41) is 4.57. The number of furan rings is 1. The largest absolute Gasteiger partial charge is 0.495 e. The highest BCUT2D eigenvalue weighted by molar-refractivity contribution is 6.08. The number of nitrogens with two attached hydrogens (primary N) is 1. The molecule has 3 aromatic carbocycles. The summed E-state index contributed by atoms with van der Waals surface area (Å²) in [6, 6.07) is 17.4. The van der Waals surface area contributed by atoms with E-state index in [9.17, 15) is 9.59 Å². The molecule has 1 atom stereocenters. The Morgan fingerprint density at radius 1 is 1.00 bits per heavy atom. The van der Waals surface area contributed by atoms with Crippen LogP contribution in [0.3, 0.4) is 0 Å². The van der Waals surface area contributed by atoms with Crippen LogP contribution in [0.25, 0.3) is 21.9 Å². The van der Waals surface area contributed by atoms with Gasteiger partial charge in [0.05, 0.1) is 18.4 Å². The molecule has 1 amide bonds. The lowest BCUT2D eigenvalue weighted by Crippen LogP contribution is -2.30. The van der Waals surface area contributed by atoms with Gasteiger partial charge in [0, 0.05) is 22.5 Å². The second-order valence-electron chi connectivity index (χ2n) is 6.81. The molecule has 0 aliphatic rings. The third-order valence-corrected chi connectivity index (χ3v) is 4.76. The summed E-state index contributed by atoms with van der Waals surface area (Å²) in [6.45, 7) is 1.50. The summed E-state index contributed by atoms with van der Waals surface area (Å²) in [5.41, 5.74) is 8.23. The Balaban J connectivity index is 1.55. The number of benzene rings is 3. The molecular formula is C23H20N2O5. The lowest BCUT2D eigenvalue weighted by Gasteiger charge is -2.15. The van der Waals surface area contributed by atoms with E-state index in [4.69, 9.17) is 19.6 Å². The number of rotatable bonds is 5. The molecule has 0 bridgehead atoms. The summed E-state index contributed by atoms with van der Waals surface area (Å²) < 4.78 is 16.6. The van der Waals surface area contributed by atoms with Crippen LogP contribution in [0.2, 0.25) is 0 Å². The van der Waals surface area contributed by atoms with Crippen LogP contribution in [0.4, 0.5) is 11.4 Å². The first-order chi connectivity index (χ1) is 14.5. The van der Waals surface area contributed by atoms with E-state index >= 15 is 0 Å². The third kappa shape index (κ3) is 3.65. The van der Waals surface area contributed by atoms with E-state index in [1.165, 1.54) is 14.0 Å². The highest BCUT2D eigenvalue weighted by Gasteiger charge is 2.21. The van der Waals surface area contributed by atoms with Crippen LogP contribution in [0.15, 0.2) is 65.1 Å². The number of fused-ring (bicyclic) bond motifs is 3. The van der Waals surface area contributed by atoms with Crippen LogP contribution in [0.5, 0.6) is 5.75 Å². The zero-order chi connectivity index (χ0) is 21.3. The molecule has 3 N–H and O–H groups in total. The predicted octanol–water partition coefficient (Wildman–Crippen LogP) is 4.36. The molecule has 4 aromatic rings. The van der Waals surface area contributed by atoms with Crippen LogP contribution in [-0.4, -0.2) is 25.1 Å². The molecule has 4 rings (SSSR count). The van der Waals surface area contributed by atoms with Crippen LogP contribution in [0.1, 0.15) is 17.3 Å². The molecule has 0 saturated carbocycles. The number of hydrogen-bond acceptors (Lipinski definition) is 6. The van der Waals surface area contributed by atoms with Gasteiger partial charge in [-0.05, 0) is 43.3 Å². The summed E-state index contributed by atoms with van der Waals surface area (Å²) in [7, 11) is 1.52. The summed E-state index contributed by atoms with van der Waals surface area (Å²) in [4.78, 5) is 24.9. The van der Waals surface area contributed by atoms with E-state index in [0.29, 0.717) is 28.3 Å². The molecule has 0 unspecified atom stereocenters. The van der Waals surface area contributed by atoms with Crippen molar-refractivity contribution in [3.8, 4) is 5.75 Å². The van der Waals surface area contributed by atoms with Crippen molar-refractivity contribution >= 4 is 45.2 Å². The number of hydrogen-bond donors (Lipinski definition) is 2. The zero-order valence-corrected chi connectivity index (χ0v) is 16.5. The number of carbonyl (C=O) groups excluding carboxylic acids is 2. The Hall–Kier alpha value is -4.00. The smallest absolute Gasteiger partial charge is 0.338 e. The average molecular weight is 404 g/mol. The van der Waals surface area contributed by atoms with Crippen molar-refractivity contribution in [2.45, 2.75) is 13.0 Å². The van der Waals surface area contributed by atoms with Crippen molar-refractivity contribution < 1.29 is 23.5 Å². The van der Waals surface area contributed by atoms with E-state index in [1.807, 2.05) is 30.3 Å². The summed E-state index contributed by atoms with van der Waals surface area (Å²) in [5.74, 6) is -0.635. The fourth-order valence-corrected chi connectivity index (χ4v) is 3.15. The lowest BCUT2D eigenvalue weighted by atomic mass is 10.1. The monoisotopic (exact) mass is 404 g/mol. The van der Waals surface area contributed by atoms with Gasteiger partial charge in [-0.25, -0.2) is 4.79 Å². The maximum atomic E-state index is 12.6. The molecule has 1 heterocycles. The zero-order valence-electron chi connectivity index (χ0n) is 16.5. The molecule has 1 aromatic heterocycles. The Labute approximate surface area is 172 Å². The van der Waals surface area contributed by atoms with Gasteiger partial charge in [-0.2, -0.15) is 0 Å². The number of anilines is 2. The fraction of sp³-hybridized carbons (Fsp3) is 0.130. The fourth-order valence-electron chi connectivity index (χ4n) is 3.15. The number of carbonyl (C=O) groups is 2. The summed E-state index contributed by atoms with van der Waals surface area (Å²) >= 11 is 0. The van der Waals surface area contributed by atoms with Crippen molar-refractivity contribution in [1.29, 1.82) is 0 Å². The number of amides is 1. The summed E-state index contributed by atoms with van der Waals surface area (Å²) in [6.07, 6.45) is -1.02. The second kappa shape index (κ2) is 7.79. The maximum absolute atomic E-state index is 12.6. The number of methoxy groups -OCH3 is 1. The maximum Gasteiger partial charge on any atom is 0.338 e. The van der Waals surface area contributed by atoms with Gasteiger partial charge in [0.15, 0.2) is 6.10 Å². The molecule has 0 aliphatic heterocycles. The van der Waals surface area contributed by atoms with Gasteiger partial charge in [0.2, 0.25) is 0 Å². The SMILES string of the molecule is COc1cc2c(cc1NC(=O)[C@H](C)OC(=O)c1ccc(N)cc1)oc1ccccc12. The standard InChI is InChI=1S/C23H20N2O5/c1-13(29-23(27)14-7-9-15(24)10-8-14)22(26)25-18-12-20-17(11-21(18)28-2)16-5-3-4-6-19(16)30-20/h3-13H,24H2,1-2H3,(H,25,26)/t13-/m0/s1. The van der Waals surface area contributed by atoms with Gasteiger partial charge in [-0.3, -0.25) is 4.79 Å². The number of para-hydroxylation sites is 1. The van der Waals surface area contributed by atoms with E-state index in [0.717, 1.165) is 16.4 Å². The van der Waals surface area contributed by atoms with E-state index in [1.54, 1.807) is 30.3 Å². The van der Waals surface area contributed by atoms with Crippen LogP contribution in [0, 0.1) is 0 Å². The Morgan fingerprint density at radius 2 is 1.73 bits per heavy atom. The van der Waals surface area contributed by atoms with Crippen molar-refractivity contribution in [2.75, 3.05) is 18.2 Å². The number of esters is 1. The van der Waals surface area contributed by atoms with Crippen LogP contribution >= 0.6 is 0 Å². The van der Waals surface area contributed by atoms with Crippen LogP contribution < -0.4 is 15.8 Å². The normalized spacial score (nSPS) is 11.9. The Kier molecular flexibility index (Phi) is 5.02. The second-order valence-corrected chi connectivity index (χ2v) is 6.81. The number of nitrogens with one attached hydrogen (secondary N) is 1. The molecule has 0 fully saturated rings. The average Bonchev–Trinajstić information content (AvgIpc) is 3.10. The molecule has 7 nitrogen and oxygen atoms in total. The van der Waals surface area contributed by atoms with Crippen molar-refractivity contribution in [3.05, 3.63) is 66.2 Å². The number of nitrogen functional groups attached to an aromatic ring is 1. The Morgan fingerprint density at radius 3 is 2.47 bits per heavy atom. The van der Waals surface area contributed by atoms with Gasteiger partial charge in [0.1, 0.15) is 16.9 Å². The topological polar surface area (TPSA) is 104 Å². The molecule has 0 radical (unpaired) electrons. The number of ether oxygens (including phenoxy) is 2. The van der Waals surface area contributed by atoms with E-state index in [-0.39, 0.29) is 0 Å². The molecule has 0 spiro atoms. The predicted molar refractivity (Wildman–Crippen MR) is 115 cm³/mol. The molecular weight excluding hydrogens is 384 g/mol. The molecule has 152 valence electrons. The van der Waals surface area contributed by atoms with Crippen molar-refractivity contribution in [2.24, 2.45) is 0 Å². The minimum absolute atomic E-state index is 0.310. The van der Waals surface area contributed by atoms with Crippen LogP contribution in [-0.2, 0) is 9.53 Å². The molecule has 0 aliphatic carbocycles. The third-order valence-electron chi connectivity index (χ3n) is 4.76. The molecule has 0 saturated heterocycles. The van der Waals surface area contributed by atoms with Gasteiger partial charge >= 0.3 is 5.97 Å². The van der Waals surface area contributed by atoms with E-state index < -0.39 is 18.0 Å². The van der Waals surface area contributed by atoms with Crippen molar-refractivity contribution in [1.82, 2.24) is 0 Å². The van der Waals surface area contributed by atoms with E-state index in [2.05, 4.69) is 5.32 Å². The molecule has 30 heavy (non-hydrogen) atoms. The van der Waals surface area contributed by atoms with Gasteiger partial charge in [-0.15, -0.1) is 0 Å². The van der Waals surface area contributed by atoms with Gasteiger partial charge in [-0.1, -0.05) is 18.2 Å². The molecule has 7 heteroatoms. The quantitative estimate of drug-likeness (QED) is 0.378. The van der Waals surface area contributed by atoms with Gasteiger partial charge < -0.3 is 24.9 Å². The lowest BCUT2D eigenvalue weighted by molar-refractivity contribution is -0.123. The first kappa shape index (κ1) is 19.3. The minimum Gasteiger partial charge on any atom is -0.495 e. The minimum atomic E-state index is -1.02. The highest BCUT2D eigenvalue weighted by atomic mass is 16.5.